The topological polar surface area (TPSA) is 37.4 Å². The Morgan fingerprint density at radius 2 is 1.72 bits per heavy atom. The normalized spacial score (nSPS) is 20.1. The van der Waals surface area contributed by atoms with Gasteiger partial charge in [0.1, 0.15) is 0 Å². The second kappa shape index (κ2) is 12.3. The summed E-state index contributed by atoms with van der Waals surface area (Å²) >= 11 is 0. The van der Waals surface area contributed by atoms with Crippen molar-refractivity contribution in [3.8, 4) is 0 Å². The number of hydrogen-bond acceptors (Lipinski definition) is 4. The van der Waals surface area contributed by atoms with E-state index in [0.29, 0.717) is 24.8 Å². The molecule has 0 amide bonds. The third-order valence-electron chi connectivity index (χ3n) is 6.36. The summed E-state index contributed by atoms with van der Waals surface area (Å²) in [6.07, 6.45) is -4.32. The highest BCUT2D eigenvalue weighted by atomic mass is 127. The van der Waals surface area contributed by atoms with Gasteiger partial charge in [-0.1, -0.05) is 13.0 Å². The Hall–Kier alpha value is -1.27. The van der Waals surface area contributed by atoms with Crippen molar-refractivity contribution in [2.75, 3.05) is 77.4 Å². The summed E-state index contributed by atoms with van der Waals surface area (Å²) < 4.78 is 39.0. The molecular formula is C22H36F3IN6. The van der Waals surface area contributed by atoms with Crippen LogP contribution in [0.15, 0.2) is 29.3 Å². The van der Waals surface area contributed by atoms with E-state index in [1.54, 1.807) is 13.1 Å². The van der Waals surface area contributed by atoms with Gasteiger partial charge >= 0.3 is 6.18 Å². The van der Waals surface area contributed by atoms with Crippen LogP contribution in [0.3, 0.4) is 0 Å². The number of likely N-dealkylation sites (N-methyl/N-ethyl adjacent to an activating group) is 1. The Balaban J connectivity index is 0.00000363. The standard InChI is InChI=1S/C22H35F3N6.HI/c1-4-28-8-10-29(11-9-28)18(2)17-27-21(26-3)31-14-12-30(13-15-31)20-7-5-6-19(16-20)22(23,24)25;/h5-7,16,18H,4,8-15,17H2,1-3H3,(H,26,27);1H. The zero-order valence-electron chi connectivity index (χ0n) is 19.2. The molecule has 32 heavy (non-hydrogen) atoms. The van der Waals surface area contributed by atoms with Gasteiger partial charge in [0.15, 0.2) is 5.96 Å². The molecule has 6 nitrogen and oxygen atoms in total. The second-order valence-corrected chi connectivity index (χ2v) is 8.27. The molecule has 1 atom stereocenters. The van der Waals surface area contributed by atoms with E-state index < -0.39 is 11.7 Å². The lowest BCUT2D eigenvalue weighted by atomic mass is 10.1. The number of guanidine groups is 1. The van der Waals surface area contributed by atoms with Crippen molar-refractivity contribution in [3.05, 3.63) is 29.8 Å². The Morgan fingerprint density at radius 1 is 1.06 bits per heavy atom. The number of rotatable bonds is 5. The van der Waals surface area contributed by atoms with E-state index in [9.17, 15) is 13.2 Å². The lowest BCUT2D eigenvalue weighted by Gasteiger charge is -2.40. The number of anilines is 1. The molecule has 1 aromatic carbocycles. The molecule has 0 aliphatic carbocycles. The van der Waals surface area contributed by atoms with Crippen LogP contribution >= 0.6 is 24.0 Å². The molecule has 2 aliphatic heterocycles. The Morgan fingerprint density at radius 3 is 2.28 bits per heavy atom. The maximum atomic E-state index is 13.0. The number of piperazine rings is 2. The molecule has 1 unspecified atom stereocenters. The van der Waals surface area contributed by atoms with Gasteiger partial charge in [-0.25, -0.2) is 0 Å². The molecular weight excluding hydrogens is 532 g/mol. The average molecular weight is 568 g/mol. The van der Waals surface area contributed by atoms with E-state index in [2.05, 4.69) is 38.9 Å². The number of aliphatic imine (C=N–C) groups is 1. The summed E-state index contributed by atoms with van der Waals surface area (Å²) in [5, 5.41) is 3.50. The zero-order valence-corrected chi connectivity index (χ0v) is 21.6. The lowest BCUT2D eigenvalue weighted by molar-refractivity contribution is -0.137. The number of hydrogen-bond donors (Lipinski definition) is 1. The highest BCUT2D eigenvalue weighted by molar-refractivity contribution is 14.0. The largest absolute Gasteiger partial charge is 0.416 e. The first-order valence-corrected chi connectivity index (χ1v) is 11.2. The Labute approximate surface area is 206 Å². The predicted molar refractivity (Wildman–Crippen MR) is 135 cm³/mol. The van der Waals surface area contributed by atoms with Crippen LogP contribution < -0.4 is 10.2 Å². The molecule has 1 N–H and O–H groups in total. The van der Waals surface area contributed by atoms with Crippen molar-refractivity contribution in [3.63, 3.8) is 0 Å². The fourth-order valence-electron chi connectivity index (χ4n) is 4.28. The molecule has 0 spiro atoms. The van der Waals surface area contributed by atoms with Gasteiger partial charge in [0, 0.05) is 77.7 Å². The summed E-state index contributed by atoms with van der Waals surface area (Å²) in [6.45, 7) is 13.6. The third kappa shape index (κ3) is 7.11. The smallest absolute Gasteiger partial charge is 0.368 e. The molecule has 0 saturated carbocycles. The van der Waals surface area contributed by atoms with Crippen LogP contribution in [-0.2, 0) is 6.18 Å². The maximum Gasteiger partial charge on any atom is 0.416 e. The van der Waals surface area contributed by atoms with Gasteiger partial charge in [0.2, 0.25) is 0 Å². The number of halogens is 4. The third-order valence-corrected chi connectivity index (χ3v) is 6.36. The van der Waals surface area contributed by atoms with Crippen LogP contribution in [0.1, 0.15) is 19.4 Å². The van der Waals surface area contributed by atoms with Gasteiger partial charge in [-0.15, -0.1) is 24.0 Å². The molecule has 10 heteroatoms. The van der Waals surface area contributed by atoms with E-state index >= 15 is 0 Å². The van der Waals surface area contributed by atoms with Crippen molar-refractivity contribution in [1.82, 2.24) is 20.0 Å². The number of benzene rings is 1. The van der Waals surface area contributed by atoms with Crippen molar-refractivity contribution < 1.29 is 13.2 Å². The van der Waals surface area contributed by atoms with Gasteiger partial charge < -0.3 is 20.0 Å². The average Bonchev–Trinajstić information content (AvgIpc) is 2.79. The maximum absolute atomic E-state index is 13.0. The van der Waals surface area contributed by atoms with Crippen molar-refractivity contribution in [1.29, 1.82) is 0 Å². The van der Waals surface area contributed by atoms with Crippen LogP contribution in [0.25, 0.3) is 0 Å². The number of nitrogens with one attached hydrogen (secondary N) is 1. The van der Waals surface area contributed by atoms with Crippen LogP contribution in [0.4, 0.5) is 18.9 Å². The summed E-state index contributed by atoms with van der Waals surface area (Å²) in [6, 6.07) is 6.00. The van der Waals surface area contributed by atoms with Gasteiger partial charge in [-0.05, 0) is 31.7 Å². The van der Waals surface area contributed by atoms with E-state index in [1.165, 1.54) is 12.1 Å². The Bertz CT molecular complexity index is 729. The number of alkyl halides is 3. The van der Waals surface area contributed by atoms with Crippen LogP contribution in [-0.4, -0.2) is 99.2 Å². The molecule has 0 radical (unpaired) electrons. The first-order chi connectivity index (χ1) is 14.8. The minimum atomic E-state index is -4.32. The van der Waals surface area contributed by atoms with Gasteiger partial charge in [-0.2, -0.15) is 13.2 Å². The van der Waals surface area contributed by atoms with Gasteiger partial charge in [-0.3, -0.25) is 9.89 Å². The summed E-state index contributed by atoms with van der Waals surface area (Å²) in [4.78, 5) is 13.6. The highest BCUT2D eigenvalue weighted by Crippen LogP contribution is 2.31. The second-order valence-electron chi connectivity index (χ2n) is 8.27. The van der Waals surface area contributed by atoms with Gasteiger partial charge in [0.25, 0.3) is 0 Å². The molecule has 0 aromatic heterocycles. The fourth-order valence-corrected chi connectivity index (χ4v) is 4.28. The highest BCUT2D eigenvalue weighted by Gasteiger charge is 2.31. The quantitative estimate of drug-likeness (QED) is 0.336. The van der Waals surface area contributed by atoms with E-state index in [1.807, 2.05) is 4.90 Å². The first kappa shape index (κ1) is 27.0. The summed E-state index contributed by atoms with van der Waals surface area (Å²) in [5.74, 6) is 0.864. The molecule has 0 bridgehead atoms. The van der Waals surface area contributed by atoms with Crippen molar-refractivity contribution >= 4 is 35.6 Å². The lowest BCUT2D eigenvalue weighted by Crippen LogP contribution is -2.56. The SMILES string of the molecule is CCN1CCN(C(C)CNC(=NC)N2CCN(c3cccc(C(F)(F)F)c3)CC2)CC1.I. The zero-order chi connectivity index (χ0) is 22.4. The van der Waals surface area contributed by atoms with E-state index in [0.717, 1.165) is 64.4 Å². The fraction of sp³-hybridized carbons (Fsp3) is 0.682. The molecule has 2 aliphatic rings. The van der Waals surface area contributed by atoms with Crippen molar-refractivity contribution in [2.24, 2.45) is 4.99 Å². The molecule has 3 rings (SSSR count). The molecule has 2 heterocycles. The van der Waals surface area contributed by atoms with Crippen LogP contribution in [0.5, 0.6) is 0 Å². The van der Waals surface area contributed by atoms with Crippen LogP contribution in [0, 0.1) is 0 Å². The van der Waals surface area contributed by atoms with E-state index in [4.69, 9.17) is 0 Å². The first-order valence-electron chi connectivity index (χ1n) is 11.2. The summed E-state index contributed by atoms with van der Waals surface area (Å²) in [5.41, 5.74) is 0.0240. The predicted octanol–water partition coefficient (Wildman–Crippen LogP) is 3.05. The monoisotopic (exact) mass is 568 g/mol. The van der Waals surface area contributed by atoms with E-state index in [-0.39, 0.29) is 24.0 Å². The molecule has 2 saturated heterocycles. The Kier molecular flexibility index (Phi) is 10.3. The summed E-state index contributed by atoms with van der Waals surface area (Å²) in [7, 11) is 1.78. The van der Waals surface area contributed by atoms with Crippen LogP contribution in [0.2, 0.25) is 0 Å². The minimum absolute atomic E-state index is 0. The van der Waals surface area contributed by atoms with Gasteiger partial charge in [0.05, 0.1) is 5.56 Å². The molecule has 1 aromatic rings. The molecule has 182 valence electrons. The molecule has 2 fully saturated rings. The minimum Gasteiger partial charge on any atom is -0.368 e. The number of nitrogens with zero attached hydrogens (tertiary/aromatic N) is 5. The van der Waals surface area contributed by atoms with Crippen molar-refractivity contribution in [2.45, 2.75) is 26.1 Å².